The molecule has 0 radical (unpaired) electrons. The second-order valence-corrected chi connectivity index (χ2v) is 4.80. The summed E-state index contributed by atoms with van der Waals surface area (Å²) in [7, 11) is 0. The molecule has 1 unspecified atom stereocenters. The van der Waals surface area contributed by atoms with Crippen molar-refractivity contribution in [1.29, 1.82) is 0 Å². The Labute approximate surface area is 102 Å². The number of hydrogen-bond acceptors (Lipinski definition) is 2. The molecule has 1 aromatic rings. The van der Waals surface area contributed by atoms with Gasteiger partial charge in [0.25, 0.3) is 0 Å². The summed E-state index contributed by atoms with van der Waals surface area (Å²) in [6.45, 7) is 3.86. The molecule has 0 bridgehead atoms. The molecule has 1 aliphatic heterocycles. The van der Waals surface area contributed by atoms with Gasteiger partial charge in [0.05, 0.1) is 5.02 Å². The predicted octanol–water partition coefficient (Wildman–Crippen LogP) is 3.17. The maximum absolute atomic E-state index is 6.07. The minimum atomic E-state index is 0.477. The van der Waals surface area contributed by atoms with Gasteiger partial charge in [-0.3, -0.25) is 0 Å². The Hall–Kier alpha value is -0.730. The highest BCUT2D eigenvalue weighted by Gasteiger charge is 2.13. The number of rotatable bonds is 3. The van der Waals surface area contributed by atoms with Gasteiger partial charge in [-0.05, 0) is 44.0 Å². The van der Waals surface area contributed by atoms with Crippen molar-refractivity contribution >= 4 is 11.6 Å². The van der Waals surface area contributed by atoms with Crippen LogP contribution >= 0.6 is 11.6 Å². The zero-order valence-corrected chi connectivity index (χ0v) is 10.4. The quantitative estimate of drug-likeness (QED) is 0.875. The van der Waals surface area contributed by atoms with Crippen LogP contribution in [0.25, 0.3) is 0 Å². The molecular weight excluding hydrogens is 222 g/mol. The van der Waals surface area contributed by atoms with E-state index in [-0.39, 0.29) is 0 Å². The van der Waals surface area contributed by atoms with Crippen LogP contribution in [0.3, 0.4) is 0 Å². The summed E-state index contributed by atoms with van der Waals surface area (Å²) >= 11 is 6.07. The first-order valence-corrected chi connectivity index (χ1v) is 6.26. The highest BCUT2D eigenvalue weighted by atomic mass is 35.5. The zero-order chi connectivity index (χ0) is 11.4. The van der Waals surface area contributed by atoms with Crippen molar-refractivity contribution in [3.63, 3.8) is 0 Å². The van der Waals surface area contributed by atoms with Crippen molar-refractivity contribution < 1.29 is 4.74 Å². The van der Waals surface area contributed by atoms with Crippen LogP contribution in [-0.4, -0.2) is 19.2 Å². The van der Waals surface area contributed by atoms with Crippen molar-refractivity contribution in [2.75, 3.05) is 13.2 Å². The van der Waals surface area contributed by atoms with Crippen LogP contribution < -0.4 is 10.1 Å². The number of piperidine rings is 1. The smallest absolute Gasteiger partial charge is 0.138 e. The van der Waals surface area contributed by atoms with Gasteiger partial charge in [0.1, 0.15) is 12.4 Å². The molecular formula is C13H18ClNO. The monoisotopic (exact) mass is 239 g/mol. The summed E-state index contributed by atoms with van der Waals surface area (Å²) in [5.41, 5.74) is 1.18. The van der Waals surface area contributed by atoms with Crippen molar-refractivity contribution in [3.05, 3.63) is 28.8 Å². The average Bonchev–Trinajstić information content (AvgIpc) is 2.32. The van der Waals surface area contributed by atoms with Crippen molar-refractivity contribution in [3.8, 4) is 5.75 Å². The third kappa shape index (κ3) is 3.13. The van der Waals surface area contributed by atoms with Gasteiger partial charge in [0.15, 0.2) is 0 Å². The molecule has 1 saturated heterocycles. The molecule has 1 atom stereocenters. The van der Waals surface area contributed by atoms with E-state index in [9.17, 15) is 0 Å². The van der Waals surface area contributed by atoms with Gasteiger partial charge < -0.3 is 10.1 Å². The Morgan fingerprint density at radius 2 is 2.31 bits per heavy atom. The summed E-state index contributed by atoms with van der Waals surface area (Å²) in [5.74, 6) is 0.800. The van der Waals surface area contributed by atoms with E-state index >= 15 is 0 Å². The maximum Gasteiger partial charge on any atom is 0.138 e. The van der Waals surface area contributed by atoms with Gasteiger partial charge in [-0.1, -0.05) is 24.1 Å². The van der Waals surface area contributed by atoms with E-state index in [2.05, 4.69) is 5.32 Å². The summed E-state index contributed by atoms with van der Waals surface area (Å²) in [6.07, 6.45) is 3.77. The zero-order valence-electron chi connectivity index (χ0n) is 9.63. The molecule has 0 saturated carbocycles. The Balaban J connectivity index is 1.90. The lowest BCUT2D eigenvalue weighted by Gasteiger charge is -2.23. The fourth-order valence-electron chi connectivity index (χ4n) is 1.98. The van der Waals surface area contributed by atoms with E-state index in [4.69, 9.17) is 16.3 Å². The summed E-state index contributed by atoms with van der Waals surface area (Å²) in [6, 6.07) is 6.35. The second-order valence-electron chi connectivity index (χ2n) is 4.39. The molecule has 88 valence electrons. The summed E-state index contributed by atoms with van der Waals surface area (Å²) in [5, 5.41) is 4.15. The molecule has 2 nitrogen and oxygen atoms in total. The topological polar surface area (TPSA) is 21.3 Å². The van der Waals surface area contributed by atoms with Gasteiger partial charge in [-0.15, -0.1) is 0 Å². The Kier molecular flexibility index (Phi) is 4.08. The number of aryl methyl sites for hydroxylation is 1. The molecule has 16 heavy (non-hydrogen) atoms. The van der Waals surface area contributed by atoms with Gasteiger partial charge in [0.2, 0.25) is 0 Å². The van der Waals surface area contributed by atoms with Crippen LogP contribution in [0.4, 0.5) is 0 Å². The van der Waals surface area contributed by atoms with Gasteiger partial charge in [0, 0.05) is 6.04 Å². The van der Waals surface area contributed by atoms with E-state index in [0.29, 0.717) is 17.7 Å². The van der Waals surface area contributed by atoms with E-state index in [1.807, 2.05) is 25.1 Å². The first kappa shape index (κ1) is 11.7. The predicted molar refractivity (Wildman–Crippen MR) is 67.3 cm³/mol. The first-order valence-electron chi connectivity index (χ1n) is 5.88. The van der Waals surface area contributed by atoms with Crippen LogP contribution in [0, 0.1) is 6.92 Å². The minimum absolute atomic E-state index is 0.477. The highest BCUT2D eigenvalue weighted by molar-refractivity contribution is 6.32. The molecule has 0 amide bonds. The molecule has 0 aromatic heterocycles. The Bertz CT molecular complexity index is 348. The first-order chi connectivity index (χ1) is 7.75. The molecule has 1 N–H and O–H groups in total. The van der Waals surface area contributed by atoms with Crippen LogP contribution in [0.2, 0.25) is 5.02 Å². The largest absolute Gasteiger partial charge is 0.490 e. The second kappa shape index (κ2) is 5.55. The van der Waals surface area contributed by atoms with E-state index in [0.717, 1.165) is 12.3 Å². The number of halogens is 1. The standard InChI is InChI=1S/C13H18ClNO/c1-10-5-6-12(14)13(8-10)16-9-11-4-2-3-7-15-11/h5-6,8,11,15H,2-4,7,9H2,1H3. The van der Waals surface area contributed by atoms with Crippen LogP contribution in [0.15, 0.2) is 18.2 Å². The van der Waals surface area contributed by atoms with Crippen LogP contribution in [0.5, 0.6) is 5.75 Å². The van der Waals surface area contributed by atoms with Gasteiger partial charge in [-0.2, -0.15) is 0 Å². The van der Waals surface area contributed by atoms with Gasteiger partial charge >= 0.3 is 0 Å². The number of benzene rings is 1. The van der Waals surface area contributed by atoms with Crippen molar-refractivity contribution in [1.82, 2.24) is 5.32 Å². The van der Waals surface area contributed by atoms with E-state index < -0.39 is 0 Å². The third-order valence-electron chi connectivity index (χ3n) is 2.94. The lowest BCUT2D eigenvalue weighted by molar-refractivity contribution is 0.239. The minimum Gasteiger partial charge on any atom is -0.490 e. The van der Waals surface area contributed by atoms with Crippen LogP contribution in [0.1, 0.15) is 24.8 Å². The average molecular weight is 240 g/mol. The molecule has 3 heteroatoms. The number of nitrogens with one attached hydrogen (secondary N) is 1. The normalized spacial score (nSPS) is 20.8. The third-order valence-corrected chi connectivity index (χ3v) is 3.25. The molecule has 0 spiro atoms. The molecule has 1 aromatic carbocycles. The molecule has 2 rings (SSSR count). The van der Waals surface area contributed by atoms with Gasteiger partial charge in [-0.25, -0.2) is 0 Å². The number of ether oxygens (including phenoxy) is 1. The van der Waals surface area contributed by atoms with Crippen LogP contribution in [-0.2, 0) is 0 Å². The SMILES string of the molecule is Cc1ccc(Cl)c(OCC2CCCCN2)c1. The maximum atomic E-state index is 6.07. The fourth-order valence-corrected chi connectivity index (χ4v) is 2.15. The van der Waals surface area contributed by atoms with Crippen molar-refractivity contribution in [2.45, 2.75) is 32.2 Å². The Morgan fingerprint density at radius 1 is 1.44 bits per heavy atom. The lowest BCUT2D eigenvalue weighted by atomic mass is 10.1. The summed E-state index contributed by atoms with van der Waals surface area (Å²) in [4.78, 5) is 0. The molecule has 0 aliphatic carbocycles. The summed E-state index contributed by atoms with van der Waals surface area (Å²) < 4.78 is 5.76. The molecule has 1 heterocycles. The number of hydrogen-bond donors (Lipinski definition) is 1. The molecule has 1 aliphatic rings. The van der Waals surface area contributed by atoms with Crippen molar-refractivity contribution in [2.24, 2.45) is 0 Å². The lowest BCUT2D eigenvalue weighted by Crippen LogP contribution is -2.38. The molecule has 1 fully saturated rings. The van der Waals surface area contributed by atoms with E-state index in [1.165, 1.54) is 24.8 Å². The Morgan fingerprint density at radius 3 is 3.06 bits per heavy atom. The highest BCUT2D eigenvalue weighted by Crippen LogP contribution is 2.25. The fraction of sp³-hybridized carbons (Fsp3) is 0.538. The van der Waals surface area contributed by atoms with E-state index in [1.54, 1.807) is 0 Å².